The zero-order valence-electron chi connectivity index (χ0n) is 5.58. The van der Waals surface area contributed by atoms with Crippen molar-refractivity contribution in [3.63, 3.8) is 0 Å². The Labute approximate surface area is 81.5 Å². The van der Waals surface area contributed by atoms with E-state index in [-0.39, 0.29) is 4.69 Å². The first-order chi connectivity index (χ1) is 5.27. The van der Waals surface area contributed by atoms with Crippen molar-refractivity contribution >= 4 is 36.6 Å². The third-order valence-corrected chi connectivity index (χ3v) is 2.12. The minimum absolute atomic E-state index is 0.0162. The van der Waals surface area contributed by atoms with E-state index in [2.05, 4.69) is 41.8 Å². The fourth-order valence-electron chi connectivity index (χ4n) is 0.253. The smallest absolute Gasteiger partial charge is 0.208 e. The zero-order chi connectivity index (χ0) is 8.53. The van der Waals surface area contributed by atoms with E-state index in [1.165, 1.54) is 6.33 Å². The lowest BCUT2D eigenvalue weighted by atomic mass is 10.7. The maximum Gasteiger partial charge on any atom is 0.208 e. The van der Waals surface area contributed by atoms with Gasteiger partial charge in [-0.3, -0.25) is 4.79 Å². The van der Waals surface area contributed by atoms with E-state index in [0.29, 0.717) is 5.33 Å². The van der Waals surface area contributed by atoms with Crippen LogP contribution >= 0.6 is 31.9 Å². The minimum atomic E-state index is -0.0162. The molecule has 0 atom stereocenters. The van der Waals surface area contributed by atoms with Crippen molar-refractivity contribution in [3.8, 4) is 0 Å². The third kappa shape index (κ3) is 9.71. The highest BCUT2D eigenvalue weighted by Gasteiger charge is 1.82. The molecule has 0 aliphatic rings. The van der Waals surface area contributed by atoms with E-state index in [1.54, 1.807) is 18.5 Å². The maximum atomic E-state index is 9.68. The number of alkyl halides is 1. The van der Waals surface area contributed by atoms with Crippen LogP contribution in [-0.2, 0) is 4.79 Å². The number of nitrogens with zero attached hydrogens (tertiary/aromatic N) is 2. The van der Waals surface area contributed by atoms with Gasteiger partial charge in [-0.1, -0.05) is 15.9 Å². The van der Waals surface area contributed by atoms with Gasteiger partial charge in [-0.2, -0.15) is 0 Å². The quantitative estimate of drug-likeness (QED) is 0.582. The lowest BCUT2D eigenvalue weighted by Gasteiger charge is -1.70. The number of aromatic nitrogens is 2. The molecule has 11 heavy (non-hydrogen) atoms. The Hall–Kier alpha value is -0.290. The number of halogens is 2. The molecule has 0 bridgehead atoms. The Bertz CT molecular complexity index is 166. The number of carbonyl (C=O) groups is 1. The molecule has 0 N–H and O–H groups in total. The molecule has 60 valence electrons. The molecular weight excluding hydrogens is 276 g/mol. The Morgan fingerprint density at radius 3 is 1.91 bits per heavy atom. The monoisotopic (exact) mass is 280 g/mol. The van der Waals surface area contributed by atoms with Crippen LogP contribution in [0.2, 0.25) is 0 Å². The predicted octanol–water partition coefficient (Wildman–Crippen LogP) is 1.78. The van der Waals surface area contributed by atoms with Gasteiger partial charge in [0.1, 0.15) is 6.33 Å². The van der Waals surface area contributed by atoms with E-state index in [0.717, 1.165) is 0 Å². The first kappa shape index (κ1) is 10.7. The van der Waals surface area contributed by atoms with Crippen molar-refractivity contribution in [2.45, 2.75) is 0 Å². The normalized spacial score (nSPS) is 7.82. The summed E-state index contributed by atoms with van der Waals surface area (Å²) in [7, 11) is 0. The Morgan fingerprint density at radius 1 is 1.36 bits per heavy atom. The summed E-state index contributed by atoms with van der Waals surface area (Å²) in [5.74, 6) is 0. The number of rotatable bonds is 1. The van der Waals surface area contributed by atoms with Gasteiger partial charge in [0.15, 0.2) is 0 Å². The second-order valence-corrected chi connectivity index (χ2v) is 2.84. The van der Waals surface area contributed by atoms with Gasteiger partial charge in [0.05, 0.1) is 5.33 Å². The van der Waals surface area contributed by atoms with E-state index >= 15 is 0 Å². The molecule has 3 nitrogen and oxygen atoms in total. The molecule has 0 radical (unpaired) electrons. The summed E-state index contributed by atoms with van der Waals surface area (Å²) in [6.45, 7) is 0. The Kier molecular flexibility index (Phi) is 7.61. The van der Waals surface area contributed by atoms with Crippen LogP contribution < -0.4 is 0 Å². The first-order valence-corrected chi connectivity index (χ1v) is 4.63. The molecule has 0 aromatic carbocycles. The fourth-order valence-corrected chi connectivity index (χ4v) is 0.253. The summed E-state index contributed by atoms with van der Waals surface area (Å²) in [6, 6.07) is 1.78. The van der Waals surface area contributed by atoms with Crippen molar-refractivity contribution in [2.75, 3.05) is 5.33 Å². The summed E-state index contributed by atoms with van der Waals surface area (Å²) in [5, 5.41) is 0.396. The molecule has 0 unspecified atom stereocenters. The molecule has 0 spiro atoms. The maximum absolute atomic E-state index is 9.68. The van der Waals surface area contributed by atoms with Crippen molar-refractivity contribution in [1.29, 1.82) is 0 Å². The second-order valence-electron chi connectivity index (χ2n) is 1.39. The van der Waals surface area contributed by atoms with Crippen LogP contribution in [0, 0.1) is 0 Å². The first-order valence-electron chi connectivity index (χ1n) is 2.71. The standard InChI is InChI=1S/C4H4N2.C2H2Br2O/c1-2-5-4-6-3-1;3-1-2(4)5/h1-4H;1H2. The Morgan fingerprint density at radius 2 is 1.82 bits per heavy atom. The van der Waals surface area contributed by atoms with Crippen LogP contribution in [0.1, 0.15) is 0 Å². The van der Waals surface area contributed by atoms with Crippen LogP contribution in [0.5, 0.6) is 0 Å². The van der Waals surface area contributed by atoms with E-state index in [4.69, 9.17) is 0 Å². The molecule has 5 heteroatoms. The molecule has 0 amide bonds. The van der Waals surface area contributed by atoms with Crippen molar-refractivity contribution in [2.24, 2.45) is 0 Å². The molecule has 1 aromatic rings. The summed E-state index contributed by atoms with van der Waals surface area (Å²) in [4.78, 5) is 17.0. The largest absolute Gasteiger partial charge is 0.286 e. The van der Waals surface area contributed by atoms with E-state index < -0.39 is 0 Å². The average molecular weight is 282 g/mol. The highest BCUT2D eigenvalue weighted by atomic mass is 79.9. The van der Waals surface area contributed by atoms with Gasteiger partial charge in [0.2, 0.25) is 4.69 Å². The fraction of sp³-hybridized carbons (Fsp3) is 0.167. The van der Waals surface area contributed by atoms with Gasteiger partial charge >= 0.3 is 0 Å². The summed E-state index contributed by atoms with van der Waals surface area (Å²) >= 11 is 5.60. The SMILES string of the molecule is O=C(Br)CBr.c1cncnc1. The molecule has 1 rings (SSSR count). The molecule has 1 aromatic heterocycles. The molecule has 0 aliphatic heterocycles. The lowest BCUT2D eigenvalue weighted by molar-refractivity contribution is -0.108. The molecule has 0 aliphatic carbocycles. The number of hydrogen-bond acceptors (Lipinski definition) is 3. The second kappa shape index (κ2) is 7.81. The minimum Gasteiger partial charge on any atom is -0.286 e. The average Bonchev–Trinajstić information content (AvgIpc) is 2.09. The highest BCUT2D eigenvalue weighted by Crippen LogP contribution is 1.87. The molecule has 0 fully saturated rings. The summed E-state index contributed by atoms with van der Waals surface area (Å²) in [5.41, 5.74) is 0. The van der Waals surface area contributed by atoms with Crippen molar-refractivity contribution in [3.05, 3.63) is 24.8 Å². The van der Waals surface area contributed by atoms with Crippen LogP contribution in [0.4, 0.5) is 0 Å². The van der Waals surface area contributed by atoms with Gasteiger partial charge < -0.3 is 0 Å². The summed E-state index contributed by atoms with van der Waals surface area (Å²) < 4.78 is -0.0162. The van der Waals surface area contributed by atoms with E-state index in [9.17, 15) is 4.79 Å². The third-order valence-electron chi connectivity index (χ3n) is 0.583. The molecule has 0 saturated heterocycles. The van der Waals surface area contributed by atoms with Crippen molar-refractivity contribution in [1.82, 2.24) is 9.97 Å². The highest BCUT2D eigenvalue weighted by molar-refractivity contribution is 9.19. The number of hydrogen-bond donors (Lipinski definition) is 0. The topological polar surface area (TPSA) is 42.9 Å². The van der Waals surface area contributed by atoms with Gasteiger partial charge in [-0.15, -0.1) is 0 Å². The number of carbonyl (C=O) groups excluding carboxylic acids is 1. The summed E-state index contributed by atoms with van der Waals surface area (Å²) in [6.07, 6.45) is 4.88. The molecule has 1 heterocycles. The van der Waals surface area contributed by atoms with Crippen LogP contribution in [0.15, 0.2) is 24.8 Å². The van der Waals surface area contributed by atoms with Crippen LogP contribution in [0.3, 0.4) is 0 Å². The zero-order valence-corrected chi connectivity index (χ0v) is 8.75. The Balaban J connectivity index is 0.000000187. The lowest BCUT2D eigenvalue weighted by Crippen LogP contribution is -1.79. The molecule has 0 saturated carbocycles. The van der Waals surface area contributed by atoms with E-state index in [1.807, 2.05) is 0 Å². The van der Waals surface area contributed by atoms with Crippen LogP contribution in [-0.4, -0.2) is 20.0 Å². The molecular formula is C6H6Br2N2O. The van der Waals surface area contributed by atoms with Gasteiger partial charge in [-0.05, 0) is 22.0 Å². The predicted molar refractivity (Wildman–Crippen MR) is 49.8 cm³/mol. The van der Waals surface area contributed by atoms with Gasteiger partial charge in [0.25, 0.3) is 0 Å². The van der Waals surface area contributed by atoms with Gasteiger partial charge in [0, 0.05) is 12.4 Å². The van der Waals surface area contributed by atoms with Gasteiger partial charge in [-0.25, -0.2) is 9.97 Å². The van der Waals surface area contributed by atoms with Crippen molar-refractivity contribution < 1.29 is 4.79 Å². The van der Waals surface area contributed by atoms with Crippen LogP contribution in [0.25, 0.3) is 0 Å².